The second-order valence-electron chi connectivity index (χ2n) is 5.54. The van der Waals surface area contributed by atoms with Crippen LogP contribution in [0.4, 0.5) is 4.39 Å². The van der Waals surface area contributed by atoms with Gasteiger partial charge in [0.15, 0.2) is 6.61 Å². The molecule has 0 aliphatic rings. The number of amides is 1. The van der Waals surface area contributed by atoms with Gasteiger partial charge < -0.3 is 10.1 Å². The lowest BCUT2D eigenvalue weighted by molar-refractivity contribution is -0.123. The van der Waals surface area contributed by atoms with Gasteiger partial charge in [0.2, 0.25) is 10.0 Å². The van der Waals surface area contributed by atoms with E-state index in [0.717, 1.165) is 10.4 Å². The van der Waals surface area contributed by atoms with Gasteiger partial charge in [0.1, 0.15) is 11.6 Å². The number of hydrogen-bond acceptors (Lipinski definition) is 4. The van der Waals surface area contributed by atoms with Crippen molar-refractivity contribution in [2.75, 3.05) is 20.7 Å². The first kappa shape index (κ1) is 20.2. The smallest absolute Gasteiger partial charge is 0.258 e. The first-order valence-electron chi connectivity index (χ1n) is 7.57. The summed E-state index contributed by atoms with van der Waals surface area (Å²) in [5.74, 6) is -0.799. The van der Waals surface area contributed by atoms with Gasteiger partial charge in [0, 0.05) is 20.6 Å². The molecule has 0 unspecified atom stereocenters. The minimum atomic E-state index is -3.62. The molecule has 0 aromatic heterocycles. The van der Waals surface area contributed by atoms with E-state index in [1.807, 2.05) is 0 Å². The molecule has 0 radical (unpaired) electrons. The molecule has 1 amide bonds. The standard InChI is InChI=1S/C17H18ClFN2O4S/c1-21(2)26(23,24)16-6-4-3-5-12(16)10-20-17(22)11-25-15-8-7-13(19)9-14(15)18/h3-9H,10-11H2,1-2H3,(H,20,22). The molecule has 9 heteroatoms. The molecule has 26 heavy (non-hydrogen) atoms. The molecule has 0 atom stereocenters. The van der Waals surface area contributed by atoms with E-state index in [9.17, 15) is 17.6 Å². The van der Waals surface area contributed by atoms with Crippen LogP contribution < -0.4 is 10.1 Å². The molecule has 0 spiro atoms. The number of carbonyl (C=O) groups excluding carboxylic acids is 1. The summed E-state index contributed by atoms with van der Waals surface area (Å²) in [6.07, 6.45) is 0. The maximum atomic E-state index is 13.0. The van der Waals surface area contributed by atoms with E-state index >= 15 is 0 Å². The molecule has 0 aliphatic carbocycles. The Bertz CT molecular complexity index is 903. The summed E-state index contributed by atoms with van der Waals surface area (Å²) in [4.78, 5) is 12.1. The summed E-state index contributed by atoms with van der Waals surface area (Å²) in [6, 6.07) is 9.97. The molecule has 0 aliphatic heterocycles. The molecule has 2 aromatic carbocycles. The van der Waals surface area contributed by atoms with Crippen molar-refractivity contribution in [1.29, 1.82) is 0 Å². The van der Waals surface area contributed by atoms with Crippen molar-refractivity contribution < 1.29 is 22.3 Å². The van der Waals surface area contributed by atoms with Gasteiger partial charge in [-0.15, -0.1) is 0 Å². The number of ether oxygens (including phenoxy) is 1. The molecule has 1 N–H and O–H groups in total. The monoisotopic (exact) mass is 400 g/mol. The quantitative estimate of drug-likeness (QED) is 0.774. The lowest BCUT2D eigenvalue weighted by Gasteiger charge is -2.15. The number of benzene rings is 2. The lowest BCUT2D eigenvalue weighted by atomic mass is 10.2. The minimum absolute atomic E-state index is 0.0165. The Morgan fingerprint density at radius 2 is 1.92 bits per heavy atom. The van der Waals surface area contributed by atoms with Crippen molar-refractivity contribution in [3.8, 4) is 5.75 Å². The largest absolute Gasteiger partial charge is 0.482 e. The zero-order valence-corrected chi connectivity index (χ0v) is 15.8. The van der Waals surface area contributed by atoms with Gasteiger partial charge in [-0.25, -0.2) is 17.1 Å². The van der Waals surface area contributed by atoms with Crippen LogP contribution in [0.15, 0.2) is 47.4 Å². The Kier molecular flexibility index (Phi) is 6.57. The highest BCUT2D eigenvalue weighted by Gasteiger charge is 2.20. The SMILES string of the molecule is CN(C)S(=O)(=O)c1ccccc1CNC(=O)COc1ccc(F)cc1Cl. The summed E-state index contributed by atoms with van der Waals surface area (Å²) in [5.41, 5.74) is 0.453. The molecule has 2 rings (SSSR count). The van der Waals surface area contributed by atoms with Crippen LogP contribution in [0, 0.1) is 5.82 Å². The van der Waals surface area contributed by atoms with Gasteiger partial charge in [0.05, 0.1) is 9.92 Å². The number of nitrogens with zero attached hydrogens (tertiary/aromatic N) is 1. The fourth-order valence-electron chi connectivity index (χ4n) is 2.08. The topological polar surface area (TPSA) is 75.7 Å². The van der Waals surface area contributed by atoms with Crippen LogP contribution in [-0.2, 0) is 21.4 Å². The second kappa shape index (κ2) is 8.48. The van der Waals surface area contributed by atoms with Crippen LogP contribution in [0.2, 0.25) is 5.02 Å². The third kappa shape index (κ3) is 4.94. The molecular weight excluding hydrogens is 383 g/mol. The number of nitrogens with one attached hydrogen (secondary N) is 1. The van der Waals surface area contributed by atoms with E-state index in [1.54, 1.807) is 18.2 Å². The minimum Gasteiger partial charge on any atom is -0.482 e. The fraction of sp³-hybridized carbons (Fsp3) is 0.235. The molecule has 6 nitrogen and oxygen atoms in total. The maximum Gasteiger partial charge on any atom is 0.258 e. The Morgan fingerprint density at radius 1 is 1.23 bits per heavy atom. The van der Waals surface area contributed by atoms with Gasteiger partial charge in [-0.3, -0.25) is 4.79 Å². The van der Waals surface area contributed by atoms with Crippen LogP contribution in [-0.4, -0.2) is 39.3 Å². The predicted octanol–water partition coefficient (Wildman–Crippen LogP) is 2.42. The molecule has 140 valence electrons. The number of carbonyl (C=O) groups is 1. The first-order valence-corrected chi connectivity index (χ1v) is 9.38. The van der Waals surface area contributed by atoms with Crippen LogP contribution >= 0.6 is 11.6 Å². The highest BCUT2D eigenvalue weighted by Crippen LogP contribution is 2.24. The zero-order chi connectivity index (χ0) is 19.3. The van der Waals surface area contributed by atoms with Crippen molar-refractivity contribution in [3.05, 3.63) is 58.9 Å². The average Bonchev–Trinajstić information content (AvgIpc) is 2.59. The predicted molar refractivity (Wildman–Crippen MR) is 96.1 cm³/mol. The summed E-state index contributed by atoms with van der Waals surface area (Å²) in [7, 11) is -0.752. The molecule has 0 bridgehead atoms. The summed E-state index contributed by atoms with van der Waals surface area (Å²) in [5, 5.41) is 2.64. The van der Waals surface area contributed by atoms with Crippen LogP contribution in [0.25, 0.3) is 0 Å². The number of hydrogen-bond donors (Lipinski definition) is 1. The van der Waals surface area contributed by atoms with Crippen molar-refractivity contribution in [2.24, 2.45) is 0 Å². The van der Waals surface area contributed by atoms with Gasteiger partial charge in [0.25, 0.3) is 5.91 Å². The summed E-state index contributed by atoms with van der Waals surface area (Å²) < 4.78 is 44.0. The Morgan fingerprint density at radius 3 is 2.58 bits per heavy atom. The molecule has 0 saturated carbocycles. The van der Waals surface area contributed by atoms with E-state index < -0.39 is 21.7 Å². The lowest BCUT2D eigenvalue weighted by Crippen LogP contribution is -2.30. The number of sulfonamides is 1. The normalized spacial score (nSPS) is 11.4. The van der Waals surface area contributed by atoms with E-state index in [2.05, 4.69) is 5.32 Å². The highest BCUT2D eigenvalue weighted by molar-refractivity contribution is 7.89. The van der Waals surface area contributed by atoms with E-state index in [1.165, 1.54) is 32.3 Å². The highest BCUT2D eigenvalue weighted by atomic mass is 35.5. The molecular formula is C17H18ClFN2O4S. The second-order valence-corrected chi connectivity index (χ2v) is 8.06. The van der Waals surface area contributed by atoms with E-state index in [0.29, 0.717) is 5.56 Å². The van der Waals surface area contributed by atoms with E-state index in [-0.39, 0.29) is 28.8 Å². The Balaban J connectivity index is 2.00. The average molecular weight is 401 g/mol. The molecule has 0 fully saturated rings. The van der Waals surface area contributed by atoms with Gasteiger partial charge in [-0.2, -0.15) is 0 Å². The van der Waals surface area contributed by atoms with Crippen LogP contribution in [0.3, 0.4) is 0 Å². The van der Waals surface area contributed by atoms with Gasteiger partial charge >= 0.3 is 0 Å². The summed E-state index contributed by atoms with van der Waals surface area (Å²) in [6.45, 7) is -0.323. The number of halogens is 2. The Hall–Kier alpha value is -2.16. The van der Waals surface area contributed by atoms with Crippen LogP contribution in [0.5, 0.6) is 5.75 Å². The maximum absolute atomic E-state index is 13.0. The summed E-state index contributed by atoms with van der Waals surface area (Å²) >= 11 is 5.82. The third-order valence-corrected chi connectivity index (χ3v) is 5.67. The molecule has 0 heterocycles. The Labute approximate surface area is 156 Å². The zero-order valence-electron chi connectivity index (χ0n) is 14.2. The van der Waals surface area contributed by atoms with E-state index in [4.69, 9.17) is 16.3 Å². The van der Waals surface area contributed by atoms with Crippen molar-refractivity contribution >= 4 is 27.5 Å². The van der Waals surface area contributed by atoms with Crippen molar-refractivity contribution in [1.82, 2.24) is 9.62 Å². The van der Waals surface area contributed by atoms with Gasteiger partial charge in [-0.05, 0) is 29.8 Å². The fourth-order valence-corrected chi connectivity index (χ4v) is 3.42. The molecule has 0 saturated heterocycles. The first-order chi connectivity index (χ1) is 12.2. The number of rotatable bonds is 7. The van der Waals surface area contributed by atoms with Crippen molar-refractivity contribution in [2.45, 2.75) is 11.4 Å². The van der Waals surface area contributed by atoms with Crippen LogP contribution in [0.1, 0.15) is 5.56 Å². The van der Waals surface area contributed by atoms with Crippen molar-refractivity contribution in [3.63, 3.8) is 0 Å². The third-order valence-electron chi connectivity index (χ3n) is 3.46. The van der Waals surface area contributed by atoms with Gasteiger partial charge in [-0.1, -0.05) is 29.8 Å². The molecule has 2 aromatic rings.